The van der Waals surface area contributed by atoms with Gasteiger partial charge in [-0.2, -0.15) is 0 Å². The van der Waals surface area contributed by atoms with Gasteiger partial charge in [0.05, 0.1) is 11.4 Å². The van der Waals surface area contributed by atoms with Crippen LogP contribution in [-0.4, -0.2) is 17.5 Å². The van der Waals surface area contributed by atoms with Crippen LogP contribution in [0.4, 0.5) is 23.0 Å². The third kappa shape index (κ3) is 3.27. The maximum atomic E-state index is 4.91. The third-order valence-corrected chi connectivity index (χ3v) is 4.76. The van der Waals surface area contributed by atoms with Crippen LogP contribution >= 0.6 is 0 Å². The van der Waals surface area contributed by atoms with Crippen LogP contribution < -0.4 is 9.62 Å². The number of rotatable bonds is 4. The van der Waals surface area contributed by atoms with E-state index in [4.69, 9.17) is 4.98 Å². The second-order valence-electron chi connectivity index (χ2n) is 6.67. The molecule has 1 aliphatic heterocycles. The fourth-order valence-electron chi connectivity index (χ4n) is 3.31. The van der Waals surface area contributed by atoms with Gasteiger partial charge in [-0.15, -0.1) is 0 Å². The van der Waals surface area contributed by atoms with Gasteiger partial charge in [0.2, 0.25) is 0 Å². The molecule has 0 N–H and O–H groups in total. The molecule has 2 aliphatic rings. The van der Waals surface area contributed by atoms with Crippen molar-refractivity contribution in [1.29, 1.82) is 0 Å². The molecule has 0 atom stereocenters. The van der Waals surface area contributed by atoms with E-state index in [0.717, 1.165) is 35.3 Å². The number of anilines is 4. The van der Waals surface area contributed by atoms with E-state index >= 15 is 0 Å². The molecule has 1 saturated carbocycles. The molecule has 1 aromatic carbocycles. The summed E-state index contributed by atoms with van der Waals surface area (Å²) in [5.41, 5.74) is 3.43. The van der Waals surface area contributed by atoms with Gasteiger partial charge >= 0.3 is 7.55 Å². The SMILES string of the molecule is [B]1N(c2ccccn2)c2ccccc2N1c1cccc(CC2CC2)n1.[Ir]. The number of para-hydroxylation sites is 2. The van der Waals surface area contributed by atoms with Gasteiger partial charge in [0, 0.05) is 32.0 Å². The molecule has 3 heterocycles. The van der Waals surface area contributed by atoms with Crippen molar-refractivity contribution in [2.24, 2.45) is 5.92 Å². The van der Waals surface area contributed by atoms with Crippen LogP contribution in [0.5, 0.6) is 0 Å². The first-order valence-electron chi connectivity index (χ1n) is 8.78. The summed E-state index contributed by atoms with van der Waals surface area (Å²) in [7, 11) is 2.08. The number of aromatic nitrogens is 2. The second kappa shape index (κ2) is 7.22. The van der Waals surface area contributed by atoms with Crippen LogP contribution in [0.3, 0.4) is 0 Å². The summed E-state index contributed by atoms with van der Waals surface area (Å²) in [4.78, 5) is 13.7. The Morgan fingerprint density at radius 2 is 1.54 bits per heavy atom. The molecule has 2 aromatic heterocycles. The molecule has 0 bridgehead atoms. The topological polar surface area (TPSA) is 32.3 Å². The Morgan fingerprint density at radius 1 is 0.846 bits per heavy atom. The summed E-state index contributed by atoms with van der Waals surface area (Å²) < 4.78 is 0. The van der Waals surface area contributed by atoms with Gasteiger partial charge in [-0.05, 0) is 61.6 Å². The molecule has 0 amide bonds. The van der Waals surface area contributed by atoms with Crippen LogP contribution in [0.2, 0.25) is 0 Å². The van der Waals surface area contributed by atoms with Crippen molar-refractivity contribution in [3.8, 4) is 0 Å². The molecule has 26 heavy (non-hydrogen) atoms. The monoisotopic (exact) mass is 518 g/mol. The average molecular weight is 517 g/mol. The largest absolute Gasteiger partial charge is 0.403 e. The van der Waals surface area contributed by atoms with Crippen molar-refractivity contribution in [3.05, 3.63) is 72.6 Å². The summed E-state index contributed by atoms with van der Waals surface area (Å²) in [6.07, 6.45) is 5.60. The number of hydrogen-bond acceptors (Lipinski definition) is 4. The first kappa shape index (κ1) is 17.3. The van der Waals surface area contributed by atoms with E-state index in [0.29, 0.717) is 0 Å². The molecule has 1 aliphatic carbocycles. The summed E-state index contributed by atoms with van der Waals surface area (Å²) >= 11 is 0. The molecule has 6 heteroatoms. The van der Waals surface area contributed by atoms with E-state index in [1.807, 2.05) is 24.4 Å². The first-order valence-corrected chi connectivity index (χ1v) is 8.78. The smallest absolute Gasteiger partial charge is 0.351 e. The molecule has 1 fully saturated rings. The molecule has 5 rings (SSSR count). The van der Waals surface area contributed by atoms with Crippen molar-refractivity contribution in [1.82, 2.24) is 9.97 Å². The number of hydrogen-bond donors (Lipinski definition) is 0. The summed E-state index contributed by atoms with van der Waals surface area (Å²) in [6, 6.07) is 20.7. The quantitative estimate of drug-likeness (QED) is 0.485. The third-order valence-electron chi connectivity index (χ3n) is 4.76. The zero-order valence-corrected chi connectivity index (χ0v) is 16.6. The van der Waals surface area contributed by atoms with Gasteiger partial charge in [0.25, 0.3) is 0 Å². The molecular weight excluding hydrogens is 499 g/mol. The van der Waals surface area contributed by atoms with Crippen molar-refractivity contribution < 1.29 is 20.1 Å². The molecule has 0 spiro atoms. The van der Waals surface area contributed by atoms with E-state index in [2.05, 4.69) is 64.6 Å². The zero-order valence-electron chi connectivity index (χ0n) is 14.2. The minimum atomic E-state index is 0. The van der Waals surface area contributed by atoms with Gasteiger partial charge < -0.3 is 9.62 Å². The Morgan fingerprint density at radius 3 is 2.23 bits per heavy atom. The fourth-order valence-corrected chi connectivity index (χ4v) is 3.31. The Balaban J connectivity index is 0.00000168. The van der Waals surface area contributed by atoms with Crippen LogP contribution in [0.25, 0.3) is 0 Å². The minimum absolute atomic E-state index is 0. The van der Waals surface area contributed by atoms with Gasteiger partial charge in [-0.3, -0.25) is 0 Å². The Labute approximate surface area is 167 Å². The normalized spacial score (nSPS) is 15.2. The van der Waals surface area contributed by atoms with E-state index in [1.54, 1.807) is 0 Å². The first-order chi connectivity index (χ1) is 12.4. The van der Waals surface area contributed by atoms with Gasteiger partial charge in [0.15, 0.2) is 0 Å². The molecule has 0 unspecified atom stereocenters. The van der Waals surface area contributed by atoms with Crippen molar-refractivity contribution in [3.63, 3.8) is 0 Å². The maximum Gasteiger partial charge on any atom is 0.403 e. The molecule has 130 valence electrons. The van der Waals surface area contributed by atoms with E-state index in [-0.39, 0.29) is 20.1 Å². The maximum absolute atomic E-state index is 4.91. The van der Waals surface area contributed by atoms with Crippen LogP contribution in [0, 0.1) is 5.92 Å². The molecule has 3 aromatic rings. The van der Waals surface area contributed by atoms with E-state index < -0.39 is 0 Å². The van der Waals surface area contributed by atoms with Crippen molar-refractivity contribution in [2.45, 2.75) is 19.3 Å². The van der Waals surface area contributed by atoms with Crippen LogP contribution in [0.15, 0.2) is 66.9 Å². The van der Waals surface area contributed by atoms with Crippen LogP contribution in [0.1, 0.15) is 18.5 Å². The number of benzene rings is 1. The van der Waals surface area contributed by atoms with Gasteiger partial charge in [-0.25, -0.2) is 9.97 Å². The molecule has 2 radical (unpaired) electrons. The average Bonchev–Trinajstić information content (AvgIpc) is 3.40. The van der Waals surface area contributed by atoms with E-state index in [1.165, 1.54) is 18.5 Å². The Kier molecular flexibility index (Phi) is 4.79. The van der Waals surface area contributed by atoms with Gasteiger partial charge in [0.1, 0.15) is 11.6 Å². The number of pyridine rings is 2. The Bertz CT molecular complexity index is 901. The standard InChI is InChI=1S/C20H18BN4.Ir/c1-2-8-18-17(7-1)24(19-9-3-4-13-22-19)21-25(18)20-10-5-6-16(23-20)14-15-11-12-15;/h1-10,13,15H,11-12,14H2;. The summed E-state index contributed by atoms with van der Waals surface area (Å²) in [6.45, 7) is 0. The van der Waals surface area contributed by atoms with Crippen molar-refractivity contribution in [2.75, 3.05) is 9.62 Å². The van der Waals surface area contributed by atoms with Crippen LogP contribution in [-0.2, 0) is 26.5 Å². The predicted molar refractivity (Wildman–Crippen MR) is 101 cm³/mol. The predicted octanol–water partition coefficient (Wildman–Crippen LogP) is 4.25. The number of nitrogens with zero attached hydrogens (tertiary/aromatic N) is 4. The number of fused-ring (bicyclic) bond motifs is 1. The molecule has 4 nitrogen and oxygen atoms in total. The summed E-state index contributed by atoms with van der Waals surface area (Å²) in [5, 5.41) is 0. The fraction of sp³-hybridized carbons (Fsp3) is 0.200. The summed E-state index contributed by atoms with van der Waals surface area (Å²) in [5.74, 6) is 2.71. The van der Waals surface area contributed by atoms with E-state index in [9.17, 15) is 0 Å². The Hall–Kier alpha value is -2.17. The second-order valence-corrected chi connectivity index (χ2v) is 6.67. The van der Waals surface area contributed by atoms with Crippen molar-refractivity contribution >= 4 is 30.6 Å². The van der Waals surface area contributed by atoms with Gasteiger partial charge in [-0.1, -0.05) is 24.3 Å². The molecular formula is C20H18BIrN4. The minimum Gasteiger partial charge on any atom is -0.351 e. The molecule has 0 saturated heterocycles. The zero-order chi connectivity index (χ0) is 16.6.